The minimum atomic E-state index is -4.90. The molecule has 4 aromatic rings. The third kappa shape index (κ3) is 19.3. The van der Waals surface area contributed by atoms with Crippen molar-refractivity contribution in [3.05, 3.63) is 47.8 Å². The third-order valence-corrected chi connectivity index (χ3v) is 31.2. The number of nitrogens with one attached hydrogen (secondary N) is 4. The van der Waals surface area contributed by atoms with E-state index in [0.717, 1.165) is 9.80 Å². The van der Waals surface area contributed by atoms with Crippen LogP contribution in [0.25, 0.3) is 22.1 Å². The molecule has 6 heterocycles. The van der Waals surface area contributed by atoms with Crippen LogP contribution in [0.4, 0.5) is 43.9 Å². The van der Waals surface area contributed by atoms with Crippen LogP contribution in [-0.2, 0) is 80.7 Å². The first-order valence-electron chi connectivity index (χ1n) is 43.6. The van der Waals surface area contributed by atoms with E-state index in [-0.39, 0.29) is 102 Å². The number of methoxy groups -OCH3 is 2. The lowest BCUT2D eigenvalue weighted by Crippen LogP contribution is -2.59. The largest absolute Gasteiger partial charge is 0.497 e. The van der Waals surface area contributed by atoms with E-state index in [4.69, 9.17) is 48.4 Å². The van der Waals surface area contributed by atoms with Crippen LogP contribution in [0.3, 0.4) is 0 Å². The Morgan fingerprint density at radius 3 is 1.17 bits per heavy atom. The van der Waals surface area contributed by atoms with Crippen molar-refractivity contribution < 1.29 is 128 Å². The van der Waals surface area contributed by atoms with Gasteiger partial charge < -0.3 is 48.9 Å². The number of nitrogens with zero attached hydrogens (tertiary/aromatic N) is 6. The minimum Gasteiger partial charge on any atom is -0.497 e. The first kappa shape index (κ1) is 94.9. The number of esters is 2. The number of carbonyl (C=O) groups is 8. The van der Waals surface area contributed by atoms with Crippen LogP contribution in [0.1, 0.15) is 221 Å². The van der Waals surface area contributed by atoms with Crippen molar-refractivity contribution >= 4 is 89.5 Å². The molecule has 4 aliphatic heterocycles. The SMILES string of the molecule is CC[C@@H]1[C@@H]2CN(C(=O)[C@H](C(C)(C)C)CC(=O)O[C@@]3(C(F)(F)F)CCC[C@H]3CCCCCc3nc4ccc(OC)cc4nc3O2)[C@@H]1C(=O)N[C@]1(C(=O)NS(=O)(=O)C2CC2)C[C@H]1C(F)F.CC[C@@H]1[C@@H]2CN(C(=O)[C@H](C(C)(C)C)CC(=O)O[C@]3(C(F)(F)F)CCC[C@H]3CCCCCc3nc4ccc(OC)cc4nc3O2)[C@@H]1C(=O)N[C@]1(C(=O)NS(=O)(=O)C2CC2)C[C@H]1C(F)F. The molecule has 2 aromatic carbocycles. The monoisotopic (exact) mass is 1830 g/mol. The summed E-state index contributed by atoms with van der Waals surface area (Å²) < 4.78 is 238. The maximum Gasteiger partial charge on any atom is 0.428 e. The number of carbonyl (C=O) groups excluding carboxylic acids is 8. The molecule has 6 amide bonds. The highest BCUT2D eigenvalue weighted by atomic mass is 32.2. The molecule has 0 unspecified atom stereocenters. The summed E-state index contributed by atoms with van der Waals surface area (Å²) in [5.41, 5.74) is -9.72. The van der Waals surface area contributed by atoms with Gasteiger partial charge in [0.25, 0.3) is 11.8 Å². The van der Waals surface area contributed by atoms with E-state index < -0.39 is 246 Å². The maximum absolute atomic E-state index is 15.1. The molecule has 0 spiro atoms. The van der Waals surface area contributed by atoms with E-state index >= 15 is 35.9 Å². The van der Waals surface area contributed by atoms with E-state index in [1.54, 1.807) is 91.8 Å². The van der Waals surface area contributed by atoms with Gasteiger partial charge >= 0.3 is 24.3 Å². The average Bonchev–Trinajstić information content (AvgIpc) is 1.56. The first-order chi connectivity index (χ1) is 59.1. The molecule has 126 heavy (non-hydrogen) atoms. The van der Waals surface area contributed by atoms with E-state index in [2.05, 4.69) is 10.6 Å². The smallest absolute Gasteiger partial charge is 0.428 e. The standard InChI is InChI=1S/2C43H56F5N5O9S/c2*1-6-26-32-22-53(34(26)36(55)51-41(21-28(41)35(44)45)39(57)52-63(58,59)25-15-16-25)38(56)27(40(2,3)4)20-33(54)62-42(43(46,47)48)18-10-12-23(42)11-8-7-9-13-30-37(61-32)50-31-19-24(60-5)14-17-29(31)49-30/h2*14,17,19,23,25-28,32,34-35H,6-13,15-16,18,20-22H2,1-5H3,(H,51,55)(H,52,57)/t23-,26-,27-,28+,32+,34+,41-,42+;23-,26-,27-,28+,32+,34+,41-,42-/m11/s1. The number of hydrogen-bond acceptors (Lipinski definition) is 22. The number of aryl methyl sites for hydroxylation is 2. The molecular formula is C86H112F10N10O18S2. The van der Waals surface area contributed by atoms with Crippen LogP contribution in [0.5, 0.6) is 23.3 Å². The summed E-state index contributed by atoms with van der Waals surface area (Å²) >= 11 is 0. The molecule has 696 valence electrons. The van der Waals surface area contributed by atoms with Gasteiger partial charge in [0.15, 0.2) is 0 Å². The summed E-state index contributed by atoms with van der Waals surface area (Å²) in [6.07, 6.45) is -15.9. The van der Waals surface area contributed by atoms with Crippen LogP contribution in [0.15, 0.2) is 36.4 Å². The van der Waals surface area contributed by atoms with Crippen LogP contribution in [0.2, 0.25) is 0 Å². The Morgan fingerprint density at radius 2 is 0.865 bits per heavy atom. The Hall–Kier alpha value is -8.72. The zero-order valence-electron chi connectivity index (χ0n) is 72.1. The van der Waals surface area contributed by atoms with Crippen molar-refractivity contribution in [1.82, 2.24) is 49.8 Å². The van der Waals surface area contributed by atoms with Crippen LogP contribution >= 0.6 is 0 Å². The molecular weight excluding hydrogens is 1720 g/mol. The van der Waals surface area contributed by atoms with Crippen LogP contribution in [-0.4, -0.2) is 204 Å². The molecule has 10 aliphatic rings. The Bertz CT molecular complexity index is 4750. The number of aromatic nitrogens is 4. The Labute approximate surface area is 724 Å². The van der Waals surface area contributed by atoms with Gasteiger partial charge in [-0.2, -0.15) is 26.3 Å². The number of fused-ring (bicyclic) bond motifs is 10. The van der Waals surface area contributed by atoms with E-state index in [1.165, 1.54) is 14.2 Å². The van der Waals surface area contributed by atoms with E-state index in [9.17, 15) is 63.2 Å². The fourth-order valence-electron chi connectivity index (χ4n) is 19.8. The van der Waals surface area contributed by atoms with Gasteiger partial charge in [-0.25, -0.2) is 54.3 Å². The molecule has 6 saturated carbocycles. The van der Waals surface area contributed by atoms with E-state index in [1.807, 2.05) is 9.44 Å². The predicted molar refractivity (Wildman–Crippen MR) is 434 cm³/mol. The molecule has 40 heteroatoms. The van der Waals surface area contributed by atoms with Crippen molar-refractivity contribution in [2.75, 3.05) is 27.3 Å². The topological polar surface area (TPSA) is 366 Å². The number of alkyl halides is 10. The molecule has 16 atom stereocenters. The zero-order chi connectivity index (χ0) is 91.7. The Kier molecular flexibility index (Phi) is 27.1. The van der Waals surface area contributed by atoms with Crippen molar-refractivity contribution in [3.63, 3.8) is 0 Å². The first-order valence-corrected chi connectivity index (χ1v) is 46.7. The van der Waals surface area contributed by atoms with Gasteiger partial charge in [0.1, 0.15) is 58.3 Å². The zero-order valence-corrected chi connectivity index (χ0v) is 73.8. The van der Waals surface area contributed by atoms with Gasteiger partial charge in [0.05, 0.1) is 96.4 Å². The van der Waals surface area contributed by atoms with Gasteiger partial charge in [0.2, 0.25) is 79.5 Å². The quantitative estimate of drug-likeness (QED) is 0.0598. The number of hydrogen-bond donors (Lipinski definition) is 4. The molecule has 2 saturated heterocycles. The number of rotatable bonds is 16. The molecule has 6 aliphatic carbocycles. The lowest BCUT2D eigenvalue weighted by Gasteiger charge is -2.39. The fraction of sp³-hybridized carbons (Fsp3) is 0.721. The van der Waals surface area contributed by atoms with Crippen molar-refractivity contribution in [2.45, 2.75) is 305 Å². The summed E-state index contributed by atoms with van der Waals surface area (Å²) in [6, 6.07) is 7.07. The third-order valence-electron chi connectivity index (χ3n) is 27.5. The summed E-state index contributed by atoms with van der Waals surface area (Å²) in [7, 11) is -5.48. The molecule has 28 nitrogen and oxygen atoms in total. The van der Waals surface area contributed by atoms with Gasteiger partial charge in [-0.05, 0) is 164 Å². The number of halogens is 10. The number of amides is 6. The van der Waals surface area contributed by atoms with Crippen molar-refractivity contribution in [1.29, 1.82) is 0 Å². The second-order valence-electron chi connectivity index (χ2n) is 37.9. The van der Waals surface area contributed by atoms with Gasteiger partial charge in [-0.1, -0.05) is 81.1 Å². The van der Waals surface area contributed by atoms with Gasteiger partial charge in [-0.15, -0.1) is 0 Å². The van der Waals surface area contributed by atoms with Crippen molar-refractivity contribution in [2.24, 2.45) is 58.2 Å². The molecule has 8 fully saturated rings. The van der Waals surface area contributed by atoms with Crippen LogP contribution < -0.4 is 39.0 Å². The highest BCUT2D eigenvalue weighted by Crippen LogP contribution is 2.56. The highest BCUT2D eigenvalue weighted by Gasteiger charge is 2.71. The van der Waals surface area contributed by atoms with Crippen LogP contribution in [0, 0.1) is 58.2 Å². The molecule has 2 aromatic heterocycles. The average molecular weight is 1830 g/mol. The second kappa shape index (κ2) is 36.0. The van der Waals surface area contributed by atoms with E-state index in [0.29, 0.717) is 96.3 Å². The molecule has 4 N–H and O–H groups in total. The highest BCUT2D eigenvalue weighted by molar-refractivity contribution is 7.91. The summed E-state index contributed by atoms with van der Waals surface area (Å²) in [5, 5.41) is 3.10. The molecule has 0 radical (unpaired) electrons. The number of sulfonamides is 2. The van der Waals surface area contributed by atoms with Gasteiger partial charge in [-0.3, -0.25) is 47.8 Å². The molecule has 14 rings (SSSR count). The Morgan fingerprint density at radius 1 is 0.508 bits per heavy atom. The predicted octanol–water partition coefficient (Wildman–Crippen LogP) is 12.4. The molecule has 4 bridgehead atoms. The van der Waals surface area contributed by atoms with Gasteiger partial charge in [0, 0.05) is 35.8 Å². The van der Waals surface area contributed by atoms with Crippen molar-refractivity contribution in [3.8, 4) is 23.3 Å². The lowest BCUT2D eigenvalue weighted by molar-refractivity contribution is -0.282. The lowest BCUT2D eigenvalue weighted by atomic mass is 9.77. The number of benzene rings is 2. The number of ether oxygens (including phenoxy) is 6. The fourth-order valence-corrected chi connectivity index (χ4v) is 22.5. The summed E-state index contributed by atoms with van der Waals surface area (Å²) in [6.45, 7) is 12.5. The Balaban J connectivity index is 0.000000216. The normalized spacial score (nSPS) is 31.0. The second-order valence-corrected chi connectivity index (χ2v) is 41.8. The minimum absolute atomic E-state index is 0.0812. The summed E-state index contributed by atoms with van der Waals surface area (Å²) in [5.74, 6) is -17.8. The summed E-state index contributed by atoms with van der Waals surface area (Å²) in [4.78, 5) is 136. The maximum atomic E-state index is 15.1.